The van der Waals surface area contributed by atoms with Crippen LogP contribution in [0.25, 0.3) is 0 Å². The van der Waals surface area contributed by atoms with Crippen molar-refractivity contribution in [1.82, 2.24) is 16.0 Å². The van der Waals surface area contributed by atoms with Gasteiger partial charge in [0.05, 0.1) is 0 Å². The number of hydrogen-bond acceptors (Lipinski definition) is 3. The number of urea groups is 1. The molecule has 1 unspecified atom stereocenters. The predicted molar refractivity (Wildman–Crippen MR) is 77.9 cm³/mol. The van der Waals surface area contributed by atoms with Gasteiger partial charge in [-0.1, -0.05) is 12.8 Å². The highest BCUT2D eigenvalue weighted by atomic mass is 16.4. The molecule has 0 aromatic carbocycles. The zero-order chi connectivity index (χ0) is 16.3. The zero-order valence-corrected chi connectivity index (χ0v) is 13.1. The summed E-state index contributed by atoms with van der Waals surface area (Å²) in [6, 6.07) is -1.37. The number of rotatable bonds is 4. The molecular weight excluding hydrogens is 274 g/mol. The highest BCUT2D eigenvalue weighted by Gasteiger charge is 2.42. The van der Waals surface area contributed by atoms with Crippen molar-refractivity contribution < 1.29 is 19.5 Å². The number of carbonyl (C=O) groups excluding carboxylic acids is 2. The van der Waals surface area contributed by atoms with Gasteiger partial charge in [0, 0.05) is 5.54 Å². The lowest BCUT2D eigenvalue weighted by Gasteiger charge is -2.27. The lowest BCUT2D eigenvalue weighted by Crippen LogP contribution is -2.59. The van der Waals surface area contributed by atoms with E-state index in [1.807, 2.05) is 20.8 Å². The van der Waals surface area contributed by atoms with Crippen molar-refractivity contribution in [3.05, 3.63) is 0 Å². The van der Waals surface area contributed by atoms with Crippen LogP contribution in [0.2, 0.25) is 0 Å². The average Bonchev–Trinajstić information content (AvgIpc) is 2.76. The van der Waals surface area contributed by atoms with Crippen LogP contribution in [0.3, 0.4) is 0 Å². The highest BCUT2D eigenvalue weighted by molar-refractivity contribution is 5.90. The van der Waals surface area contributed by atoms with Gasteiger partial charge in [-0.05, 0) is 40.5 Å². The monoisotopic (exact) mass is 299 g/mol. The summed E-state index contributed by atoms with van der Waals surface area (Å²) >= 11 is 0. The van der Waals surface area contributed by atoms with Crippen LogP contribution in [0.1, 0.15) is 53.4 Å². The molecule has 7 heteroatoms. The number of carboxylic acids is 1. The molecular formula is C14H25N3O4. The van der Waals surface area contributed by atoms with Crippen LogP contribution in [-0.4, -0.2) is 40.1 Å². The highest BCUT2D eigenvalue weighted by Crippen LogP contribution is 2.29. The third kappa shape index (κ3) is 4.91. The van der Waals surface area contributed by atoms with Gasteiger partial charge >= 0.3 is 12.0 Å². The first-order valence-corrected chi connectivity index (χ1v) is 7.20. The Hall–Kier alpha value is -1.79. The van der Waals surface area contributed by atoms with Crippen LogP contribution in [-0.2, 0) is 9.59 Å². The normalized spacial score (nSPS) is 18.7. The van der Waals surface area contributed by atoms with E-state index in [9.17, 15) is 19.5 Å². The molecule has 0 aromatic rings. The van der Waals surface area contributed by atoms with Gasteiger partial charge in [0.1, 0.15) is 11.6 Å². The van der Waals surface area contributed by atoms with Crippen LogP contribution < -0.4 is 16.0 Å². The van der Waals surface area contributed by atoms with Crippen LogP contribution in [0.4, 0.5) is 4.79 Å². The second kappa shape index (κ2) is 6.32. The molecule has 0 heterocycles. The SMILES string of the molecule is CC(NC(=O)NC1(C(=O)O)CCCC1)C(=O)NC(C)(C)C. The van der Waals surface area contributed by atoms with Crippen molar-refractivity contribution in [3.63, 3.8) is 0 Å². The predicted octanol–water partition coefficient (Wildman–Crippen LogP) is 0.986. The number of amides is 3. The lowest BCUT2D eigenvalue weighted by molar-refractivity contribution is -0.144. The summed E-state index contributed by atoms with van der Waals surface area (Å²) in [6.07, 6.45) is 2.37. The molecule has 0 aliphatic heterocycles. The molecule has 0 radical (unpaired) electrons. The second-order valence-electron chi connectivity index (χ2n) is 6.65. The molecule has 7 nitrogen and oxygen atoms in total. The Morgan fingerprint density at radius 3 is 2.10 bits per heavy atom. The van der Waals surface area contributed by atoms with Crippen molar-refractivity contribution in [1.29, 1.82) is 0 Å². The van der Waals surface area contributed by atoms with E-state index in [0.717, 1.165) is 12.8 Å². The minimum absolute atomic E-state index is 0.312. The quantitative estimate of drug-likeness (QED) is 0.620. The van der Waals surface area contributed by atoms with Gasteiger partial charge in [0.2, 0.25) is 5.91 Å². The Kier molecular flexibility index (Phi) is 5.20. The summed E-state index contributed by atoms with van der Waals surface area (Å²) in [7, 11) is 0. The van der Waals surface area contributed by atoms with Crippen molar-refractivity contribution in [3.8, 4) is 0 Å². The van der Waals surface area contributed by atoms with E-state index in [0.29, 0.717) is 12.8 Å². The van der Waals surface area contributed by atoms with Gasteiger partial charge in [-0.25, -0.2) is 9.59 Å². The summed E-state index contributed by atoms with van der Waals surface area (Å²) in [4.78, 5) is 35.1. The standard InChI is InChI=1S/C14H25N3O4/c1-9(10(18)16-13(2,3)4)15-12(21)17-14(11(19)20)7-5-6-8-14/h9H,5-8H2,1-4H3,(H,16,18)(H,19,20)(H2,15,17,21). The number of carboxylic acid groups (broad SMARTS) is 1. The molecule has 1 aliphatic carbocycles. The van der Waals surface area contributed by atoms with Crippen LogP contribution in [0.5, 0.6) is 0 Å². The number of nitrogens with one attached hydrogen (secondary N) is 3. The van der Waals surface area contributed by atoms with Gasteiger partial charge in [0.15, 0.2) is 0 Å². The van der Waals surface area contributed by atoms with Crippen LogP contribution >= 0.6 is 0 Å². The first kappa shape index (κ1) is 17.3. The molecule has 4 N–H and O–H groups in total. The molecule has 0 saturated heterocycles. The van der Waals surface area contributed by atoms with E-state index in [-0.39, 0.29) is 5.91 Å². The van der Waals surface area contributed by atoms with E-state index in [1.165, 1.54) is 0 Å². The molecule has 21 heavy (non-hydrogen) atoms. The third-order valence-corrected chi connectivity index (χ3v) is 3.46. The van der Waals surface area contributed by atoms with Crippen molar-refractivity contribution in [2.24, 2.45) is 0 Å². The largest absolute Gasteiger partial charge is 0.480 e. The number of aliphatic carboxylic acids is 1. The molecule has 0 aromatic heterocycles. The molecule has 1 fully saturated rings. The summed E-state index contributed by atoms with van der Waals surface area (Å²) in [5, 5.41) is 17.0. The molecule has 120 valence electrons. The third-order valence-electron chi connectivity index (χ3n) is 3.46. The lowest BCUT2D eigenvalue weighted by atomic mass is 9.98. The summed E-state index contributed by atoms with van der Waals surface area (Å²) in [6.45, 7) is 7.09. The maximum absolute atomic E-state index is 11.9. The fourth-order valence-corrected chi connectivity index (χ4v) is 2.36. The fraction of sp³-hybridized carbons (Fsp3) is 0.786. The van der Waals surface area contributed by atoms with E-state index in [1.54, 1.807) is 6.92 Å². The maximum atomic E-state index is 11.9. The molecule has 0 spiro atoms. The molecule has 1 aliphatic rings. The smallest absolute Gasteiger partial charge is 0.329 e. The van der Waals surface area contributed by atoms with E-state index < -0.39 is 29.1 Å². The Labute approximate surface area is 124 Å². The van der Waals surface area contributed by atoms with Crippen molar-refractivity contribution in [2.75, 3.05) is 0 Å². The number of carbonyl (C=O) groups is 3. The zero-order valence-electron chi connectivity index (χ0n) is 13.1. The Balaban J connectivity index is 2.57. The maximum Gasteiger partial charge on any atom is 0.329 e. The Bertz CT molecular complexity index is 422. The second-order valence-corrected chi connectivity index (χ2v) is 6.65. The minimum atomic E-state index is -1.20. The average molecular weight is 299 g/mol. The molecule has 1 rings (SSSR count). The van der Waals surface area contributed by atoms with Gasteiger partial charge in [-0.15, -0.1) is 0 Å². The summed E-state index contributed by atoms with van der Waals surface area (Å²) in [5.41, 5.74) is -1.60. The van der Waals surface area contributed by atoms with E-state index in [4.69, 9.17) is 0 Å². The topological polar surface area (TPSA) is 108 Å². The van der Waals surface area contributed by atoms with Gasteiger partial charge < -0.3 is 21.1 Å². The van der Waals surface area contributed by atoms with E-state index in [2.05, 4.69) is 16.0 Å². The van der Waals surface area contributed by atoms with Crippen molar-refractivity contribution >= 4 is 17.9 Å². The molecule has 3 amide bonds. The minimum Gasteiger partial charge on any atom is -0.480 e. The van der Waals surface area contributed by atoms with Gasteiger partial charge in [-0.2, -0.15) is 0 Å². The fourth-order valence-electron chi connectivity index (χ4n) is 2.36. The van der Waals surface area contributed by atoms with Gasteiger partial charge in [-0.3, -0.25) is 4.79 Å². The first-order chi connectivity index (χ1) is 9.56. The Morgan fingerprint density at radius 2 is 1.67 bits per heavy atom. The van der Waals surface area contributed by atoms with Gasteiger partial charge in [0.25, 0.3) is 0 Å². The Morgan fingerprint density at radius 1 is 1.14 bits per heavy atom. The van der Waals surface area contributed by atoms with E-state index >= 15 is 0 Å². The first-order valence-electron chi connectivity index (χ1n) is 7.20. The number of hydrogen-bond donors (Lipinski definition) is 4. The molecule has 0 bridgehead atoms. The molecule has 1 atom stereocenters. The summed E-state index contributed by atoms with van der Waals surface area (Å²) < 4.78 is 0. The van der Waals surface area contributed by atoms with Crippen LogP contribution in [0.15, 0.2) is 0 Å². The van der Waals surface area contributed by atoms with Crippen LogP contribution in [0, 0.1) is 0 Å². The molecule has 1 saturated carbocycles. The van der Waals surface area contributed by atoms with Crippen molar-refractivity contribution in [2.45, 2.75) is 70.5 Å². The summed E-state index contributed by atoms with van der Waals surface area (Å²) in [5.74, 6) is -1.34.